The summed E-state index contributed by atoms with van der Waals surface area (Å²) in [4.78, 5) is 50.5. The van der Waals surface area contributed by atoms with Gasteiger partial charge in [0.1, 0.15) is 6.04 Å². The average Bonchev–Trinajstić information content (AvgIpc) is 2.93. The number of carbonyl (C=O) groups excluding carboxylic acids is 4. The lowest BCUT2D eigenvalue weighted by Crippen LogP contribution is -2.54. The summed E-state index contributed by atoms with van der Waals surface area (Å²) in [5.41, 5.74) is 0.288. The summed E-state index contributed by atoms with van der Waals surface area (Å²) >= 11 is 3.38. The fourth-order valence-electron chi connectivity index (χ4n) is 3.46. The van der Waals surface area contributed by atoms with Crippen molar-refractivity contribution in [3.05, 3.63) is 29.3 Å². The first-order chi connectivity index (χ1) is 13.5. The van der Waals surface area contributed by atoms with Crippen LogP contribution in [0.1, 0.15) is 59.2 Å². The summed E-state index contributed by atoms with van der Waals surface area (Å²) in [5.74, 6) is -1.85. The molecule has 9 heteroatoms. The highest BCUT2D eigenvalue weighted by molar-refractivity contribution is 9.09. The number of halogens is 1. The Labute approximate surface area is 173 Å². The molecular formula is C19H21BrN2O5S. The van der Waals surface area contributed by atoms with Crippen molar-refractivity contribution in [1.29, 1.82) is 0 Å². The molecule has 1 aromatic carbocycles. The van der Waals surface area contributed by atoms with E-state index < -0.39 is 40.5 Å². The van der Waals surface area contributed by atoms with Crippen molar-refractivity contribution in [3.63, 3.8) is 0 Å². The molecule has 2 atom stereocenters. The molecule has 1 N–H and O–H groups in total. The van der Waals surface area contributed by atoms with Crippen molar-refractivity contribution in [2.75, 3.05) is 11.1 Å². The predicted octanol–water partition coefficient (Wildman–Crippen LogP) is 2.15. The minimum Gasteiger partial charge on any atom is -0.295 e. The predicted molar refractivity (Wildman–Crippen MR) is 107 cm³/mol. The van der Waals surface area contributed by atoms with E-state index in [1.54, 1.807) is 12.1 Å². The molecule has 150 valence electrons. The van der Waals surface area contributed by atoms with Crippen LogP contribution >= 0.6 is 15.9 Å². The Kier molecular flexibility index (Phi) is 6.77. The number of unbranched alkanes of at least 4 members (excludes halogenated alkanes) is 3. The molecule has 3 rings (SSSR count). The van der Waals surface area contributed by atoms with Gasteiger partial charge in [-0.05, 0) is 31.4 Å². The zero-order valence-corrected chi connectivity index (χ0v) is 17.6. The standard InChI is InChI=1S/C19H21BrN2O5S/c20-10-3-1-2-4-11-28(27)14-7-5-6-12-16(14)19(26)22(18(12)25)13-8-9-15(23)21-17(13)24/h5-7,13H,1-4,8-11H2,(H,21,23,24). The molecule has 0 saturated carbocycles. The number of fused-ring (bicyclic) bond motifs is 1. The molecule has 0 aliphatic carbocycles. The molecule has 2 aliphatic heterocycles. The third kappa shape index (κ3) is 4.10. The Hall–Kier alpha value is -1.87. The number of hydrogen-bond donors (Lipinski definition) is 1. The summed E-state index contributed by atoms with van der Waals surface area (Å²) in [5, 5.41) is 3.11. The first-order valence-electron chi connectivity index (χ1n) is 9.24. The first kappa shape index (κ1) is 20.9. The van der Waals surface area contributed by atoms with Gasteiger partial charge in [-0.1, -0.05) is 34.8 Å². The van der Waals surface area contributed by atoms with Crippen LogP contribution in [-0.2, 0) is 20.4 Å². The minimum absolute atomic E-state index is 0.0665. The number of nitrogens with one attached hydrogen (secondary N) is 1. The molecule has 1 aromatic rings. The highest BCUT2D eigenvalue weighted by Crippen LogP contribution is 2.31. The summed E-state index contributed by atoms with van der Waals surface area (Å²) in [6, 6.07) is 3.71. The smallest absolute Gasteiger partial charge is 0.263 e. The van der Waals surface area contributed by atoms with Crippen molar-refractivity contribution < 1.29 is 23.4 Å². The van der Waals surface area contributed by atoms with E-state index in [0.717, 1.165) is 35.9 Å². The molecule has 7 nitrogen and oxygen atoms in total. The Balaban J connectivity index is 1.79. The molecule has 4 amide bonds. The molecule has 1 fully saturated rings. The average molecular weight is 469 g/mol. The maximum atomic E-state index is 13.0. The number of nitrogens with zero attached hydrogens (tertiary/aromatic N) is 1. The van der Waals surface area contributed by atoms with Crippen LogP contribution in [0.25, 0.3) is 0 Å². The van der Waals surface area contributed by atoms with E-state index in [1.807, 2.05) is 0 Å². The first-order valence-corrected chi connectivity index (χ1v) is 11.7. The summed E-state index contributed by atoms with van der Waals surface area (Å²) < 4.78 is 12.8. The molecule has 28 heavy (non-hydrogen) atoms. The van der Waals surface area contributed by atoms with E-state index in [4.69, 9.17) is 0 Å². The molecule has 2 aliphatic rings. The summed E-state index contributed by atoms with van der Waals surface area (Å²) in [6.45, 7) is 0. The maximum Gasteiger partial charge on any atom is 0.263 e. The monoisotopic (exact) mass is 468 g/mol. The van der Waals surface area contributed by atoms with Crippen LogP contribution in [0.3, 0.4) is 0 Å². The molecule has 0 radical (unpaired) electrons. The molecule has 2 heterocycles. The quantitative estimate of drug-likeness (QED) is 0.357. The van der Waals surface area contributed by atoms with Gasteiger partial charge in [-0.2, -0.15) is 0 Å². The van der Waals surface area contributed by atoms with Crippen LogP contribution < -0.4 is 5.32 Å². The molecule has 0 aromatic heterocycles. The highest BCUT2D eigenvalue weighted by atomic mass is 79.9. The van der Waals surface area contributed by atoms with Crippen LogP contribution in [0.15, 0.2) is 23.1 Å². The van der Waals surface area contributed by atoms with Gasteiger partial charge in [-0.25, -0.2) is 0 Å². The van der Waals surface area contributed by atoms with Gasteiger partial charge in [0.05, 0.1) is 26.8 Å². The minimum atomic E-state index is -1.41. The fourth-order valence-corrected chi connectivity index (χ4v) is 5.20. The van der Waals surface area contributed by atoms with E-state index in [1.165, 1.54) is 6.07 Å². The number of alkyl halides is 1. The second kappa shape index (κ2) is 9.09. The van der Waals surface area contributed by atoms with Crippen LogP contribution in [0.2, 0.25) is 0 Å². The number of imide groups is 2. The zero-order chi connectivity index (χ0) is 20.3. The fraction of sp³-hybridized carbons (Fsp3) is 0.474. The van der Waals surface area contributed by atoms with Crippen LogP contribution in [0.4, 0.5) is 0 Å². The largest absolute Gasteiger partial charge is 0.295 e. The van der Waals surface area contributed by atoms with Gasteiger partial charge >= 0.3 is 0 Å². The number of hydrogen-bond acceptors (Lipinski definition) is 5. The third-order valence-electron chi connectivity index (χ3n) is 4.89. The highest BCUT2D eigenvalue weighted by Gasteiger charge is 2.45. The van der Waals surface area contributed by atoms with Crippen LogP contribution in [0, 0.1) is 0 Å². The van der Waals surface area contributed by atoms with E-state index >= 15 is 0 Å². The van der Waals surface area contributed by atoms with E-state index in [-0.39, 0.29) is 24.0 Å². The maximum absolute atomic E-state index is 13.0. The Morgan fingerprint density at radius 1 is 1.07 bits per heavy atom. The van der Waals surface area contributed by atoms with Crippen molar-refractivity contribution in [2.45, 2.75) is 49.5 Å². The number of benzene rings is 1. The Morgan fingerprint density at radius 2 is 1.82 bits per heavy atom. The number of rotatable bonds is 8. The molecule has 0 bridgehead atoms. The molecule has 1 saturated heterocycles. The third-order valence-corrected chi connectivity index (χ3v) is 6.94. The SMILES string of the molecule is O=C1CCC(N2C(=O)c3cccc(S(=O)CCCCCCBr)c3C2=O)C(=O)N1. The lowest BCUT2D eigenvalue weighted by molar-refractivity contribution is -0.136. The van der Waals surface area contributed by atoms with Gasteiger partial charge in [0.2, 0.25) is 11.8 Å². The van der Waals surface area contributed by atoms with E-state index in [2.05, 4.69) is 21.2 Å². The lowest BCUT2D eigenvalue weighted by atomic mass is 10.0. The van der Waals surface area contributed by atoms with E-state index in [9.17, 15) is 23.4 Å². The number of amides is 4. The van der Waals surface area contributed by atoms with Crippen molar-refractivity contribution >= 4 is 50.4 Å². The van der Waals surface area contributed by atoms with Gasteiger partial charge in [-0.15, -0.1) is 0 Å². The van der Waals surface area contributed by atoms with Gasteiger partial charge in [0.15, 0.2) is 0 Å². The Morgan fingerprint density at radius 3 is 2.54 bits per heavy atom. The van der Waals surface area contributed by atoms with Crippen molar-refractivity contribution in [3.8, 4) is 0 Å². The zero-order valence-electron chi connectivity index (χ0n) is 15.2. The lowest BCUT2D eigenvalue weighted by Gasteiger charge is -2.27. The summed E-state index contributed by atoms with van der Waals surface area (Å²) in [7, 11) is -1.41. The van der Waals surface area contributed by atoms with Crippen molar-refractivity contribution in [2.24, 2.45) is 0 Å². The van der Waals surface area contributed by atoms with Crippen LogP contribution in [-0.4, -0.2) is 49.9 Å². The van der Waals surface area contributed by atoms with Gasteiger partial charge in [0.25, 0.3) is 11.8 Å². The van der Waals surface area contributed by atoms with Gasteiger partial charge < -0.3 is 0 Å². The Bertz CT molecular complexity index is 857. The molecule has 2 unspecified atom stereocenters. The van der Waals surface area contributed by atoms with Gasteiger partial charge in [0, 0.05) is 17.5 Å². The van der Waals surface area contributed by atoms with Gasteiger partial charge in [-0.3, -0.25) is 33.6 Å². The molecular weight excluding hydrogens is 448 g/mol. The van der Waals surface area contributed by atoms with E-state index in [0.29, 0.717) is 10.6 Å². The number of carbonyl (C=O) groups is 4. The number of piperidine rings is 1. The second-order valence-corrected chi connectivity index (χ2v) is 9.11. The topological polar surface area (TPSA) is 101 Å². The molecule has 0 spiro atoms. The summed E-state index contributed by atoms with van der Waals surface area (Å²) in [6.07, 6.45) is 3.97. The van der Waals surface area contributed by atoms with Crippen LogP contribution in [0.5, 0.6) is 0 Å². The normalized spacial score (nSPS) is 20.3. The second-order valence-electron chi connectivity index (χ2n) is 6.78. The van der Waals surface area contributed by atoms with Crippen molar-refractivity contribution in [1.82, 2.24) is 10.2 Å².